The summed E-state index contributed by atoms with van der Waals surface area (Å²) in [6.07, 6.45) is 2.29. The topological polar surface area (TPSA) is 20.3 Å². The van der Waals surface area contributed by atoms with Gasteiger partial charge in [-0.3, -0.25) is 0 Å². The Kier molecular flexibility index (Phi) is 4.51. The van der Waals surface area contributed by atoms with Gasteiger partial charge in [0.2, 0.25) is 0 Å². The van der Waals surface area contributed by atoms with E-state index in [4.69, 9.17) is 0 Å². The average molecular weight is 299 g/mol. The lowest BCUT2D eigenvalue weighted by Crippen LogP contribution is -2.34. The van der Waals surface area contributed by atoms with Crippen LogP contribution in [0.3, 0.4) is 0 Å². The molecule has 2 nitrogen and oxygen atoms in total. The van der Waals surface area contributed by atoms with Crippen molar-refractivity contribution in [2.24, 2.45) is 5.92 Å². The molecule has 0 amide bonds. The number of hydrogen-bond donors (Lipinski definition) is 0. The summed E-state index contributed by atoms with van der Waals surface area (Å²) in [6, 6.07) is 18.4. The van der Waals surface area contributed by atoms with Gasteiger partial charge < -0.3 is 0 Å². The van der Waals surface area contributed by atoms with Crippen LogP contribution in [0.5, 0.6) is 0 Å². The van der Waals surface area contributed by atoms with Gasteiger partial charge in [0, 0.05) is 13.1 Å². The van der Waals surface area contributed by atoms with Crippen molar-refractivity contribution < 1.29 is 4.21 Å². The van der Waals surface area contributed by atoms with Gasteiger partial charge in [-0.25, -0.2) is 8.51 Å². The van der Waals surface area contributed by atoms with Crippen LogP contribution in [0.2, 0.25) is 0 Å². The summed E-state index contributed by atoms with van der Waals surface area (Å²) in [4.78, 5) is 0.907. The second-order valence-electron chi connectivity index (χ2n) is 5.75. The Morgan fingerprint density at radius 3 is 2.10 bits per heavy atom. The molecule has 1 atom stereocenters. The van der Waals surface area contributed by atoms with Gasteiger partial charge in [0.05, 0.1) is 4.90 Å². The molecule has 0 aliphatic carbocycles. The van der Waals surface area contributed by atoms with Crippen molar-refractivity contribution in [1.82, 2.24) is 4.31 Å². The van der Waals surface area contributed by atoms with Crippen LogP contribution in [-0.4, -0.2) is 21.6 Å². The number of nitrogens with zero attached hydrogens (tertiary/aromatic N) is 1. The van der Waals surface area contributed by atoms with Crippen molar-refractivity contribution in [2.45, 2.75) is 24.7 Å². The number of benzene rings is 2. The zero-order chi connectivity index (χ0) is 14.7. The predicted molar refractivity (Wildman–Crippen MR) is 88.3 cm³/mol. The van der Waals surface area contributed by atoms with Gasteiger partial charge in [-0.2, -0.15) is 0 Å². The van der Waals surface area contributed by atoms with Gasteiger partial charge in [-0.05, 0) is 42.0 Å². The van der Waals surface area contributed by atoms with Crippen molar-refractivity contribution in [1.29, 1.82) is 0 Å². The molecule has 0 saturated carbocycles. The molecule has 3 rings (SSSR count). The summed E-state index contributed by atoms with van der Waals surface area (Å²) in [5, 5.41) is 0. The Balaban J connectivity index is 1.73. The first-order valence-corrected chi connectivity index (χ1v) is 8.67. The summed E-state index contributed by atoms with van der Waals surface area (Å²) in [5.41, 5.74) is 2.37. The van der Waals surface area contributed by atoms with E-state index < -0.39 is 11.0 Å². The van der Waals surface area contributed by atoms with Crippen LogP contribution in [0.25, 0.3) is 11.1 Å². The number of piperidine rings is 1. The normalized spacial score (nSPS) is 18.5. The average Bonchev–Trinajstić information content (AvgIpc) is 2.56. The lowest BCUT2D eigenvalue weighted by Gasteiger charge is -2.28. The molecule has 3 heteroatoms. The maximum Gasteiger partial charge on any atom is 0.127 e. The third-order valence-corrected chi connectivity index (χ3v) is 5.65. The first-order valence-electron chi connectivity index (χ1n) is 7.56. The Morgan fingerprint density at radius 1 is 0.905 bits per heavy atom. The van der Waals surface area contributed by atoms with E-state index >= 15 is 0 Å². The molecule has 1 heterocycles. The maximum absolute atomic E-state index is 12.6. The van der Waals surface area contributed by atoms with E-state index in [2.05, 4.69) is 35.5 Å². The van der Waals surface area contributed by atoms with E-state index in [9.17, 15) is 4.21 Å². The van der Waals surface area contributed by atoms with Gasteiger partial charge in [-0.1, -0.05) is 49.4 Å². The fourth-order valence-electron chi connectivity index (χ4n) is 2.69. The minimum atomic E-state index is -1.02. The lowest BCUT2D eigenvalue weighted by molar-refractivity contribution is 0.299. The van der Waals surface area contributed by atoms with Crippen LogP contribution in [0.1, 0.15) is 19.8 Å². The highest BCUT2D eigenvalue weighted by molar-refractivity contribution is 7.82. The van der Waals surface area contributed by atoms with E-state index in [0.29, 0.717) is 0 Å². The molecular formula is C18H21NOS. The molecule has 2 aromatic carbocycles. The van der Waals surface area contributed by atoms with Crippen LogP contribution >= 0.6 is 0 Å². The Labute approximate surface area is 129 Å². The molecule has 1 aliphatic heterocycles. The first-order chi connectivity index (χ1) is 10.2. The molecule has 0 radical (unpaired) electrons. The minimum Gasteiger partial charge on any atom is -0.237 e. The van der Waals surface area contributed by atoms with Crippen molar-refractivity contribution in [2.75, 3.05) is 13.1 Å². The predicted octanol–water partition coefficient (Wildman–Crippen LogP) is 4.11. The second kappa shape index (κ2) is 6.54. The smallest absolute Gasteiger partial charge is 0.127 e. The van der Waals surface area contributed by atoms with Crippen LogP contribution in [0.15, 0.2) is 59.5 Å². The van der Waals surface area contributed by atoms with Crippen LogP contribution in [0, 0.1) is 5.92 Å². The Bertz CT molecular complexity index is 601. The summed E-state index contributed by atoms with van der Waals surface area (Å²) < 4.78 is 14.7. The maximum atomic E-state index is 12.6. The van der Waals surface area contributed by atoms with Gasteiger partial charge in [0.15, 0.2) is 0 Å². The third kappa shape index (κ3) is 3.42. The fourth-order valence-corrected chi connectivity index (χ4v) is 3.90. The molecule has 0 aromatic heterocycles. The van der Waals surface area contributed by atoms with E-state index in [1.165, 1.54) is 11.1 Å². The molecule has 0 N–H and O–H groups in total. The quantitative estimate of drug-likeness (QED) is 0.835. The highest BCUT2D eigenvalue weighted by atomic mass is 32.2. The van der Waals surface area contributed by atoms with Crippen LogP contribution < -0.4 is 0 Å². The van der Waals surface area contributed by atoms with E-state index in [-0.39, 0.29) is 0 Å². The second-order valence-corrected chi connectivity index (χ2v) is 7.24. The molecule has 1 saturated heterocycles. The highest BCUT2D eigenvalue weighted by Crippen LogP contribution is 2.23. The largest absolute Gasteiger partial charge is 0.237 e. The number of hydrogen-bond acceptors (Lipinski definition) is 1. The molecule has 0 spiro atoms. The Hall–Kier alpha value is -1.45. The van der Waals surface area contributed by atoms with Crippen molar-refractivity contribution in [3.63, 3.8) is 0 Å². The summed E-state index contributed by atoms with van der Waals surface area (Å²) >= 11 is 0. The zero-order valence-electron chi connectivity index (χ0n) is 12.4. The third-order valence-electron chi connectivity index (χ3n) is 4.14. The molecule has 0 bridgehead atoms. The monoisotopic (exact) mass is 299 g/mol. The van der Waals surface area contributed by atoms with Gasteiger partial charge >= 0.3 is 0 Å². The Morgan fingerprint density at radius 2 is 1.48 bits per heavy atom. The van der Waals surface area contributed by atoms with E-state index in [1.807, 2.05) is 30.3 Å². The summed E-state index contributed by atoms with van der Waals surface area (Å²) in [6.45, 7) is 4.15. The number of rotatable bonds is 3. The van der Waals surface area contributed by atoms with E-state index in [0.717, 1.165) is 36.7 Å². The molecule has 110 valence electrons. The SMILES string of the molecule is CC1CCN(S(=O)c2ccc(-c3ccccc3)cc2)CC1. The molecule has 21 heavy (non-hydrogen) atoms. The van der Waals surface area contributed by atoms with Gasteiger partial charge in [0.25, 0.3) is 0 Å². The summed E-state index contributed by atoms with van der Waals surface area (Å²) in [7, 11) is -1.02. The molecule has 1 unspecified atom stereocenters. The van der Waals surface area contributed by atoms with Crippen molar-refractivity contribution in [3.05, 3.63) is 54.6 Å². The standard InChI is InChI=1S/C18H21NOS/c1-15-11-13-19(14-12-15)21(20)18-9-7-17(8-10-18)16-5-3-2-4-6-16/h2-10,15H,11-14H2,1H3. The lowest BCUT2D eigenvalue weighted by atomic mass is 10.0. The van der Waals surface area contributed by atoms with Gasteiger partial charge in [-0.15, -0.1) is 0 Å². The molecule has 2 aromatic rings. The minimum absolute atomic E-state index is 0.763. The summed E-state index contributed by atoms with van der Waals surface area (Å²) in [5.74, 6) is 0.763. The van der Waals surface area contributed by atoms with Crippen LogP contribution in [-0.2, 0) is 11.0 Å². The first kappa shape index (κ1) is 14.5. The fraction of sp³-hybridized carbons (Fsp3) is 0.333. The van der Waals surface area contributed by atoms with Crippen molar-refractivity contribution >= 4 is 11.0 Å². The van der Waals surface area contributed by atoms with Crippen LogP contribution in [0.4, 0.5) is 0 Å². The van der Waals surface area contributed by atoms with Gasteiger partial charge in [0.1, 0.15) is 11.0 Å². The highest BCUT2D eigenvalue weighted by Gasteiger charge is 2.21. The zero-order valence-corrected chi connectivity index (χ0v) is 13.2. The molecular weight excluding hydrogens is 278 g/mol. The molecule has 1 fully saturated rings. The van der Waals surface area contributed by atoms with E-state index in [1.54, 1.807) is 0 Å². The van der Waals surface area contributed by atoms with Crippen molar-refractivity contribution in [3.8, 4) is 11.1 Å². The molecule has 1 aliphatic rings.